The molecule has 6 heteroatoms. The van der Waals surface area contributed by atoms with Crippen LogP contribution in [0.15, 0.2) is 54.9 Å². The molecule has 4 rings (SSSR count). The molecule has 0 amide bonds. The molecule has 3 aromatic rings. The van der Waals surface area contributed by atoms with Gasteiger partial charge in [0.25, 0.3) is 0 Å². The quantitative estimate of drug-likeness (QED) is 0.738. The first kappa shape index (κ1) is 18.2. The minimum atomic E-state index is 0.722. The van der Waals surface area contributed by atoms with E-state index in [1.807, 2.05) is 25.1 Å². The highest BCUT2D eigenvalue weighted by molar-refractivity contribution is 5.51. The molecule has 0 aliphatic carbocycles. The van der Waals surface area contributed by atoms with Gasteiger partial charge in [0.05, 0.1) is 0 Å². The van der Waals surface area contributed by atoms with E-state index in [2.05, 4.69) is 56.3 Å². The van der Waals surface area contributed by atoms with Gasteiger partial charge in [0, 0.05) is 62.6 Å². The molecule has 144 valence electrons. The number of anilines is 3. The van der Waals surface area contributed by atoms with Crippen molar-refractivity contribution < 1.29 is 0 Å². The lowest BCUT2D eigenvalue weighted by molar-refractivity contribution is 0.639. The maximum atomic E-state index is 4.75. The van der Waals surface area contributed by atoms with E-state index >= 15 is 0 Å². The third-order valence-corrected chi connectivity index (χ3v) is 4.99. The highest BCUT2D eigenvalue weighted by Gasteiger charge is 2.20. The van der Waals surface area contributed by atoms with Crippen molar-refractivity contribution in [3.05, 3.63) is 71.7 Å². The first-order valence-electron chi connectivity index (χ1n) is 9.72. The van der Waals surface area contributed by atoms with Gasteiger partial charge in [-0.05, 0) is 49.2 Å². The molecule has 3 heterocycles. The van der Waals surface area contributed by atoms with Gasteiger partial charge in [0.2, 0.25) is 5.95 Å². The number of pyridine rings is 1. The van der Waals surface area contributed by atoms with E-state index in [4.69, 9.17) is 4.98 Å². The smallest absolute Gasteiger partial charge is 0.227 e. The fourth-order valence-electron chi connectivity index (χ4n) is 3.47. The molecule has 1 fully saturated rings. The molecular weight excluding hydrogens is 348 g/mol. The van der Waals surface area contributed by atoms with Crippen molar-refractivity contribution in [1.82, 2.24) is 15.0 Å². The summed E-state index contributed by atoms with van der Waals surface area (Å²) < 4.78 is 0. The second-order valence-electron chi connectivity index (χ2n) is 7.22. The zero-order valence-electron chi connectivity index (χ0n) is 16.5. The minimum absolute atomic E-state index is 0.722. The Morgan fingerprint density at radius 3 is 2.39 bits per heavy atom. The lowest BCUT2D eigenvalue weighted by atomic mass is 10.2. The van der Waals surface area contributed by atoms with Crippen LogP contribution in [0.3, 0.4) is 0 Å². The maximum absolute atomic E-state index is 4.75. The van der Waals surface area contributed by atoms with Gasteiger partial charge >= 0.3 is 0 Å². The van der Waals surface area contributed by atoms with Crippen molar-refractivity contribution in [2.45, 2.75) is 20.4 Å². The largest absolute Gasteiger partial charge is 0.368 e. The van der Waals surface area contributed by atoms with Crippen molar-refractivity contribution in [2.75, 3.05) is 41.3 Å². The average molecular weight is 374 g/mol. The van der Waals surface area contributed by atoms with Gasteiger partial charge in [0.1, 0.15) is 5.82 Å². The Morgan fingerprint density at radius 2 is 1.64 bits per heavy atom. The summed E-state index contributed by atoms with van der Waals surface area (Å²) in [4.78, 5) is 18.2. The molecule has 0 unspecified atom stereocenters. The summed E-state index contributed by atoms with van der Waals surface area (Å²) in [5, 5.41) is 3.41. The number of piperazine rings is 1. The molecule has 0 atom stereocenters. The lowest BCUT2D eigenvalue weighted by Gasteiger charge is -2.36. The van der Waals surface area contributed by atoms with Crippen molar-refractivity contribution >= 4 is 17.5 Å². The number of hydrogen-bond donors (Lipinski definition) is 1. The van der Waals surface area contributed by atoms with Crippen LogP contribution >= 0.6 is 0 Å². The molecule has 1 aromatic carbocycles. The average Bonchev–Trinajstić information content (AvgIpc) is 2.73. The molecule has 0 saturated carbocycles. The second kappa shape index (κ2) is 8.25. The molecule has 1 aliphatic rings. The third kappa shape index (κ3) is 4.39. The predicted molar refractivity (Wildman–Crippen MR) is 114 cm³/mol. The number of nitrogens with zero attached hydrogens (tertiary/aromatic N) is 5. The Bertz CT molecular complexity index is 919. The standard InChI is InChI=1S/C22H26N6/c1-17-4-3-5-20(14-17)27-10-12-28(13-11-27)22-25-18(2)15-21(26-22)24-16-19-6-8-23-9-7-19/h3-9,14-15H,10-13,16H2,1-2H3,(H,24,25,26). The fraction of sp³-hybridized carbons (Fsp3) is 0.318. The number of aryl methyl sites for hydroxylation is 2. The van der Waals surface area contributed by atoms with Crippen LogP contribution in [0.4, 0.5) is 17.5 Å². The van der Waals surface area contributed by atoms with Crippen molar-refractivity contribution in [3.8, 4) is 0 Å². The summed E-state index contributed by atoms with van der Waals surface area (Å²) >= 11 is 0. The lowest BCUT2D eigenvalue weighted by Crippen LogP contribution is -2.47. The molecule has 28 heavy (non-hydrogen) atoms. The molecule has 1 aliphatic heterocycles. The Labute approximate surface area is 166 Å². The van der Waals surface area contributed by atoms with Crippen LogP contribution in [-0.2, 0) is 6.54 Å². The molecule has 0 spiro atoms. The summed E-state index contributed by atoms with van der Waals surface area (Å²) in [6.45, 7) is 8.66. The van der Waals surface area contributed by atoms with Gasteiger partial charge in [-0.25, -0.2) is 4.98 Å². The van der Waals surface area contributed by atoms with E-state index in [0.29, 0.717) is 0 Å². The summed E-state index contributed by atoms with van der Waals surface area (Å²) in [6.07, 6.45) is 3.61. The van der Waals surface area contributed by atoms with Crippen LogP contribution in [0, 0.1) is 13.8 Å². The van der Waals surface area contributed by atoms with Crippen molar-refractivity contribution in [1.29, 1.82) is 0 Å². The van der Waals surface area contributed by atoms with Gasteiger partial charge in [-0.15, -0.1) is 0 Å². The first-order valence-corrected chi connectivity index (χ1v) is 9.72. The molecule has 1 N–H and O–H groups in total. The van der Waals surface area contributed by atoms with Crippen molar-refractivity contribution in [2.24, 2.45) is 0 Å². The zero-order chi connectivity index (χ0) is 19.3. The van der Waals surface area contributed by atoms with Crippen LogP contribution in [0.5, 0.6) is 0 Å². The van der Waals surface area contributed by atoms with Crippen LogP contribution in [0.2, 0.25) is 0 Å². The summed E-state index contributed by atoms with van der Waals surface area (Å²) in [5.41, 5.74) is 4.75. The van der Waals surface area contributed by atoms with E-state index in [1.165, 1.54) is 16.8 Å². The zero-order valence-corrected chi connectivity index (χ0v) is 16.5. The summed E-state index contributed by atoms with van der Waals surface area (Å²) in [6, 6.07) is 14.7. The molecule has 1 saturated heterocycles. The van der Waals surface area contributed by atoms with Crippen LogP contribution in [0.1, 0.15) is 16.8 Å². The molecule has 0 bridgehead atoms. The van der Waals surface area contributed by atoms with E-state index < -0.39 is 0 Å². The minimum Gasteiger partial charge on any atom is -0.368 e. The summed E-state index contributed by atoms with van der Waals surface area (Å²) in [7, 11) is 0. The fourth-order valence-corrected chi connectivity index (χ4v) is 3.47. The molecule has 0 radical (unpaired) electrons. The highest BCUT2D eigenvalue weighted by atomic mass is 15.3. The van der Waals surface area contributed by atoms with Gasteiger partial charge in [-0.2, -0.15) is 4.98 Å². The SMILES string of the molecule is Cc1cccc(N2CCN(c3nc(C)cc(NCc4ccncc4)n3)CC2)c1. The third-order valence-electron chi connectivity index (χ3n) is 4.99. The molecule has 2 aromatic heterocycles. The number of hydrogen-bond acceptors (Lipinski definition) is 6. The van der Waals surface area contributed by atoms with E-state index in [9.17, 15) is 0 Å². The normalized spacial score (nSPS) is 14.2. The van der Waals surface area contributed by atoms with Gasteiger partial charge in [0.15, 0.2) is 0 Å². The molecular formula is C22H26N6. The Balaban J connectivity index is 1.41. The first-order chi connectivity index (χ1) is 13.7. The Hall–Kier alpha value is -3.15. The van der Waals surface area contributed by atoms with Crippen LogP contribution in [-0.4, -0.2) is 41.1 Å². The number of nitrogens with one attached hydrogen (secondary N) is 1. The van der Waals surface area contributed by atoms with Gasteiger partial charge < -0.3 is 15.1 Å². The summed E-state index contributed by atoms with van der Waals surface area (Å²) in [5.74, 6) is 1.67. The van der Waals surface area contributed by atoms with Gasteiger partial charge in [-0.1, -0.05) is 12.1 Å². The second-order valence-corrected chi connectivity index (χ2v) is 7.22. The Morgan fingerprint density at radius 1 is 0.893 bits per heavy atom. The van der Waals surface area contributed by atoms with Crippen LogP contribution in [0.25, 0.3) is 0 Å². The highest BCUT2D eigenvalue weighted by Crippen LogP contribution is 2.21. The monoisotopic (exact) mass is 374 g/mol. The number of benzene rings is 1. The molecule has 6 nitrogen and oxygen atoms in total. The Kier molecular flexibility index (Phi) is 5.37. The van der Waals surface area contributed by atoms with E-state index in [0.717, 1.165) is 50.2 Å². The van der Waals surface area contributed by atoms with Crippen LogP contribution < -0.4 is 15.1 Å². The van der Waals surface area contributed by atoms with Gasteiger partial charge in [-0.3, -0.25) is 4.98 Å². The van der Waals surface area contributed by atoms with E-state index in [-0.39, 0.29) is 0 Å². The maximum Gasteiger partial charge on any atom is 0.227 e. The predicted octanol–water partition coefficient (Wildman–Crippen LogP) is 3.43. The number of rotatable bonds is 5. The van der Waals surface area contributed by atoms with Crippen molar-refractivity contribution in [3.63, 3.8) is 0 Å². The number of aromatic nitrogens is 3. The topological polar surface area (TPSA) is 57.2 Å². The van der Waals surface area contributed by atoms with E-state index in [1.54, 1.807) is 12.4 Å².